The zero-order chi connectivity index (χ0) is 33.8. The van der Waals surface area contributed by atoms with Crippen molar-refractivity contribution < 1.29 is 28.5 Å². The molecule has 254 valence electrons. The van der Waals surface area contributed by atoms with Gasteiger partial charge in [0, 0.05) is 37.7 Å². The van der Waals surface area contributed by atoms with E-state index in [0.29, 0.717) is 77.7 Å². The van der Waals surface area contributed by atoms with Gasteiger partial charge in [-0.25, -0.2) is 0 Å². The lowest BCUT2D eigenvalue weighted by molar-refractivity contribution is 0.0769. The van der Waals surface area contributed by atoms with Gasteiger partial charge in [-0.1, -0.05) is 31.2 Å². The summed E-state index contributed by atoms with van der Waals surface area (Å²) in [4.78, 5) is 39.6. The molecule has 2 amide bonds. The second-order valence-corrected chi connectivity index (χ2v) is 14.0. The molecule has 0 radical (unpaired) electrons. The van der Waals surface area contributed by atoms with E-state index in [1.165, 1.54) is 0 Å². The molecule has 2 aromatic carbocycles. The average Bonchev–Trinajstić information content (AvgIpc) is 3.59. The predicted molar refractivity (Wildman–Crippen MR) is 191 cm³/mol. The Labute approximate surface area is 286 Å². The number of benzene rings is 2. The van der Waals surface area contributed by atoms with E-state index in [-0.39, 0.29) is 23.9 Å². The summed E-state index contributed by atoms with van der Waals surface area (Å²) in [6.07, 6.45) is 7.79. The molecule has 11 heteroatoms. The number of thioether (sulfide) groups is 1. The Kier molecular flexibility index (Phi) is 10.4. The van der Waals surface area contributed by atoms with Crippen LogP contribution in [0, 0.1) is 5.92 Å². The van der Waals surface area contributed by atoms with Gasteiger partial charge in [0.25, 0.3) is 11.8 Å². The fraction of sp³-hybridized carbons (Fsp3) is 0.459. The SMILES string of the molecule is C=C1C[C@H]2C=Nc3cc(OCCC(CCOc4cc5c(cc4OC)C(=O)N4CC(=C)C[C@H]4C=N5)CCSCC)c(OC)cc3C(=O)N2C1. The molecule has 2 saturated heterocycles. The van der Waals surface area contributed by atoms with Crippen LogP contribution >= 0.6 is 11.8 Å². The first-order valence-corrected chi connectivity index (χ1v) is 17.8. The fourth-order valence-electron chi connectivity index (χ4n) is 6.71. The van der Waals surface area contributed by atoms with E-state index in [1.54, 1.807) is 26.4 Å². The van der Waals surface area contributed by atoms with E-state index < -0.39 is 0 Å². The van der Waals surface area contributed by atoms with Gasteiger partial charge in [0.05, 0.1) is 62.0 Å². The number of carbonyl (C=O) groups excluding carboxylic acids is 2. The van der Waals surface area contributed by atoms with Crippen LogP contribution in [0.25, 0.3) is 0 Å². The van der Waals surface area contributed by atoms with Crippen molar-refractivity contribution in [2.75, 3.05) is 52.0 Å². The highest BCUT2D eigenvalue weighted by Crippen LogP contribution is 2.40. The summed E-state index contributed by atoms with van der Waals surface area (Å²) < 4.78 is 23.9. The molecule has 10 nitrogen and oxygen atoms in total. The lowest BCUT2D eigenvalue weighted by atomic mass is 9.99. The molecule has 0 bridgehead atoms. The van der Waals surface area contributed by atoms with Gasteiger partial charge in [0.2, 0.25) is 0 Å². The summed E-state index contributed by atoms with van der Waals surface area (Å²) in [5, 5.41) is 0. The van der Waals surface area contributed by atoms with Crippen molar-refractivity contribution >= 4 is 47.4 Å². The molecule has 0 saturated carbocycles. The van der Waals surface area contributed by atoms with Crippen molar-refractivity contribution in [3.05, 3.63) is 59.7 Å². The molecular formula is C37H44N4O6S. The van der Waals surface area contributed by atoms with Crippen molar-refractivity contribution in [3.8, 4) is 23.0 Å². The number of hydrogen-bond donors (Lipinski definition) is 0. The van der Waals surface area contributed by atoms with Gasteiger partial charge in [-0.15, -0.1) is 0 Å². The minimum Gasteiger partial charge on any atom is -0.493 e. The number of methoxy groups -OCH3 is 2. The van der Waals surface area contributed by atoms with Crippen LogP contribution in [0.1, 0.15) is 59.7 Å². The lowest BCUT2D eigenvalue weighted by Crippen LogP contribution is -2.35. The Hall–Kier alpha value is -4.25. The number of rotatable bonds is 14. The van der Waals surface area contributed by atoms with Crippen LogP contribution in [0.4, 0.5) is 11.4 Å². The molecule has 0 aromatic heterocycles. The van der Waals surface area contributed by atoms with E-state index in [2.05, 4.69) is 30.1 Å². The molecule has 4 heterocycles. The number of carbonyl (C=O) groups is 2. The Morgan fingerprint density at radius 1 is 0.771 bits per heavy atom. The van der Waals surface area contributed by atoms with Gasteiger partial charge in [0.15, 0.2) is 23.0 Å². The Balaban J connectivity index is 1.10. The van der Waals surface area contributed by atoms with Gasteiger partial charge in [-0.05, 0) is 61.7 Å². The van der Waals surface area contributed by atoms with Gasteiger partial charge in [-0.3, -0.25) is 19.6 Å². The number of fused-ring (bicyclic) bond motifs is 4. The summed E-state index contributed by atoms with van der Waals surface area (Å²) in [5.41, 5.74) is 4.26. The zero-order valence-corrected chi connectivity index (χ0v) is 28.9. The zero-order valence-electron chi connectivity index (χ0n) is 28.0. The standard InChI is InChI=1S/C37H44N4O6S/c1-6-48-12-9-25(7-10-46-34-17-30-28(15-32(34)44-4)36(42)40-21-23(2)13-26(40)19-38-30)8-11-47-35-18-31-29(16-33(35)45-5)37(43)41-22-24(3)14-27(41)20-39-31/h15-20,25-27H,2-3,6-14,21-22H2,1,4-5H3/t26-,27-/m0/s1. The van der Waals surface area contributed by atoms with E-state index in [4.69, 9.17) is 18.9 Å². The lowest BCUT2D eigenvalue weighted by Gasteiger charge is -2.21. The van der Waals surface area contributed by atoms with Crippen molar-refractivity contribution in [1.82, 2.24) is 9.80 Å². The number of hydrogen-bond acceptors (Lipinski definition) is 9. The van der Waals surface area contributed by atoms with Crippen molar-refractivity contribution in [2.45, 2.75) is 51.1 Å². The monoisotopic (exact) mass is 672 g/mol. The molecule has 4 aliphatic rings. The number of nitrogens with zero attached hydrogens (tertiary/aromatic N) is 4. The molecule has 2 fully saturated rings. The highest BCUT2D eigenvalue weighted by atomic mass is 32.2. The van der Waals surface area contributed by atoms with Crippen molar-refractivity contribution in [3.63, 3.8) is 0 Å². The second kappa shape index (κ2) is 14.9. The highest BCUT2D eigenvalue weighted by molar-refractivity contribution is 7.99. The first kappa shape index (κ1) is 33.6. The van der Waals surface area contributed by atoms with Crippen LogP contribution in [0.5, 0.6) is 23.0 Å². The summed E-state index contributed by atoms with van der Waals surface area (Å²) in [6.45, 7) is 12.3. The third-order valence-corrected chi connectivity index (χ3v) is 10.3. The minimum atomic E-state index is -0.0729. The smallest absolute Gasteiger partial charge is 0.257 e. The van der Waals surface area contributed by atoms with E-state index >= 15 is 0 Å². The maximum atomic E-state index is 13.3. The van der Waals surface area contributed by atoms with Crippen molar-refractivity contribution in [2.24, 2.45) is 15.9 Å². The molecular weight excluding hydrogens is 628 g/mol. The largest absolute Gasteiger partial charge is 0.493 e. The first-order chi connectivity index (χ1) is 23.3. The molecule has 2 aromatic rings. The summed E-state index contributed by atoms with van der Waals surface area (Å²) >= 11 is 1.92. The molecule has 0 unspecified atom stereocenters. The topological polar surface area (TPSA) is 102 Å². The molecule has 6 rings (SSSR count). The summed E-state index contributed by atoms with van der Waals surface area (Å²) in [5.74, 6) is 4.49. The highest BCUT2D eigenvalue weighted by Gasteiger charge is 2.35. The molecule has 0 spiro atoms. The quantitative estimate of drug-likeness (QED) is 0.163. The van der Waals surface area contributed by atoms with Crippen LogP contribution in [0.3, 0.4) is 0 Å². The summed E-state index contributed by atoms with van der Waals surface area (Å²) in [7, 11) is 3.17. The van der Waals surface area contributed by atoms with E-state index in [9.17, 15) is 9.59 Å². The van der Waals surface area contributed by atoms with Gasteiger partial charge in [0.1, 0.15) is 0 Å². The predicted octanol–water partition coefficient (Wildman–Crippen LogP) is 6.67. The third-order valence-electron chi connectivity index (χ3n) is 9.34. The van der Waals surface area contributed by atoms with Crippen molar-refractivity contribution in [1.29, 1.82) is 0 Å². The van der Waals surface area contributed by atoms with Gasteiger partial charge in [-0.2, -0.15) is 11.8 Å². The van der Waals surface area contributed by atoms with Crippen LogP contribution < -0.4 is 18.9 Å². The molecule has 2 atom stereocenters. The Morgan fingerprint density at radius 3 is 1.69 bits per heavy atom. The van der Waals surface area contributed by atoms with E-state index in [0.717, 1.165) is 54.8 Å². The van der Waals surface area contributed by atoms with Crippen LogP contribution in [-0.2, 0) is 0 Å². The molecule has 48 heavy (non-hydrogen) atoms. The second-order valence-electron chi connectivity index (χ2n) is 12.6. The maximum absolute atomic E-state index is 13.3. The fourth-order valence-corrected chi connectivity index (χ4v) is 7.50. The van der Waals surface area contributed by atoms with Crippen LogP contribution in [-0.4, -0.2) is 98.2 Å². The normalized spacial score (nSPS) is 19.6. The Morgan fingerprint density at radius 2 is 1.25 bits per heavy atom. The van der Waals surface area contributed by atoms with Crippen LogP contribution in [0.2, 0.25) is 0 Å². The number of ether oxygens (including phenoxy) is 4. The van der Waals surface area contributed by atoms with Gasteiger partial charge < -0.3 is 28.7 Å². The molecule has 0 aliphatic carbocycles. The van der Waals surface area contributed by atoms with Gasteiger partial charge >= 0.3 is 0 Å². The Bertz CT molecular complexity index is 1540. The third kappa shape index (κ3) is 7.11. The minimum absolute atomic E-state index is 0.0689. The maximum Gasteiger partial charge on any atom is 0.257 e. The number of aliphatic imine (C=N–C) groups is 2. The average molecular weight is 673 g/mol. The van der Waals surface area contributed by atoms with Crippen LogP contribution in [0.15, 0.2) is 58.6 Å². The first-order valence-electron chi connectivity index (χ1n) is 16.6. The number of amides is 2. The summed E-state index contributed by atoms with van der Waals surface area (Å²) in [6, 6.07) is 6.95. The van der Waals surface area contributed by atoms with E-state index in [1.807, 2.05) is 46.1 Å². The molecule has 0 N–H and O–H groups in total. The molecule has 4 aliphatic heterocycles.